The molecule has 2 nitrogen and oxygen atoms in total. The van der Waals surface area contributed by atoms with Gasteiger partial charge in [0.15, 0.2) is 0 Å². The molecule has 0 atom stereocenters. The van der Waals surface area contributed by atoms with Gasteiger partial charge in [-0.3, -0.25) is 0 Å². The van der Waals surface area contributed by atoms with E-state index < -0.39 is 0 Å². The molecule has 0 heterocycles. The molecule has 1 aromatic rings. The topological polar surface area (TPSA) is 12.5 Å². The lowest BCUT2D eigenvalue weighted by molar-refractivity contribution is 0.221. The van der Waals surface area contributed by atoms with Gasteiger partial charge in [0.05, 0.1) is 0 Å². The predicted octanol–water partition coefficient (Wildman–Crippen LogP) is 5.70. The number of hydrogen-bond donors (Lipinski definition) is 0. The number of benzene rings is 1. The standard InChI is InChI=1S/C21H37NO/c1-4-7-8-9-10-11-12-15-20-16-13-14-17-21(20)23-19-18-22(5-2)6-3/h13-14,16-17H,4-12,15,18-19H2,1-3H3. The van der Waals surface area contributed by atoms with E-state index in [1.807, 2.05) is 0 Å². The number of unbranched alkanes of at least 4 members (excludes halogenated alkanes) is 6. The molecule has 0 aliphatic rings. The van der Waals surface area contributed by atoms with Gasteiger partial charge >= 0.3 is 0 Å². The Hall–Kier alpha value is -1.02. The molecular weight excluding hydrogens is 282 g/mol. The van der Waals surface area contributed by atoms with Crippen LogP contribution >= 0.6 is 0 Å². The first kappa shape index (κ1) is 20.0. The van der Waals surface area contributed by atoms with Crippen molar-refractivity contribution in [1.29, 1.82) is 0 Å². The molecule has 0 N–H and O–H groups in total. The van der Waals surface area contributed by atoms with E-state index in [0.29, 0.717) is 0 Å². The quantitative estimate of drug-likeness (QED) is 0.408. The molecule has 2 heteroatoms. The highest BCUT2D eigenvalue weighted by atomic mass is 16.5. The van der Waals surface area contributed by atoms with Crippen LogP contribution in [0.5, 0.6) is 5.75 Å². The molecule has 0 spiro atoms. The van der Waals surface area contributed by atoms with Crippen LogP contribution in [0.25, 0.3) is 0 Å². The lowest BCUT2D eigenvalue weighted by atomic mass is 10.0. The summed E-state index contributed by atoms with van der Waals surface area (Å²) in [6.07, 6.45) is 10.7. The van der Waals surface area contributed by atoms with Crippen molar-refractivity contribution in [1.82, 2.24) is 4.90 Å². The van der Waals surface area contributed by atoms with E-state index in [4.69, 9.17) is 4.74 Å². The van der Waals surface area contributed by atoms with Crippen molar-refractivity contribution >= 4 is 0 Å². The summed E-state index contributed by atoms with van der Waals surface area (Å²) in [5.74, 6) is 1.09. The molecule has 0 saturated heterocycles. The zero-order valence-corrected chi connectivity index (χ0v) is 15.7. The summed E-state index contributed by atoms with van der Waals surface area (Å²) in [7, 11) is 0. The number of ether oxygens (including phenoxy) is 1. The van der Waals surface area contributed by atoms with Crippen LogP contribution in [0.3, 0.4) is 0 Å². The fraction of sp³-hybridized carbons (Fsp3) is 0.714. The molecule has 0 saturated carbocycles. The van der Waals surface area contributed by atoms with Crippen molar-refractivity contribution in [2.45, 2.75) is 72.1 Å². The molecule has 0 radical (unpaired) electrons. The Morgan fingerprint density at radius 1 is 0.826 bits per heavy atom. The van der Waals surface area contributed by atoms with E-state index >= 15 is 0 Å². The van der Waals surface area contributed by atoms with Gasteiger partial charge in [0, 0.05) is 6.54 Å². The van der Waals surface area contributed by atoms with Crippen molar-refractivity contribution in [2.24, 2.45) is 0 Å². The van der Waals surface area contributed by atoms with Gasteiger partial charge in [0.2, 0.25) is 0 Å². The number of nitrogens with zero attached hydrogens (tertiary/aromatic N) is 1. The normalized spacial score (nSPS) is 11.1. The summed E-state index contributed by atoms with van der Waals surface area (Å²) < 4.78 is 6.04. The highest BCUT2D eigenvalue weighted by Crippen LogP contribution is 2.21. The third-order valence-corrected chi connectivity index (χ3v) is 4.58. The highest BCUT2D eigenvalue weighted by molar-refractivity contribution is 5.33. The lowest BCUT2D eigenvalue weighted by Crippen LogP contribution is -2.28. The minimum Gasteiger partial charge on any atom is -0.492 e. The zero-order valence-electron chi connectivity index (χ0n) is 15.7. The minimum atomic E-state index is 0.787. The first-order valence-corrected chi connectivity index (χ1v) is 9.74. The number of aryl methyl sites for hydroxylation is 1. The van der Waals surface area contributed by atoms with E-state index in [-0.39, 0.29) is 0 Å². The van der Waals surface area contributed by atoms with Crippen LogP contribution in [0.15, 0.2) is 24.3 Å². The smallest absolute Gasteiger partial charge is 0.122 e. The fourth-order valence-corrected chi connectivity index (χ4v) is 2.95. The van der Waals surface area contributed by atoms with Gasteiger partial charge in [0.25, 0.3) is 0 Å². The average Bonchev–Trinajstić information content (AvgIpc) is 2.59. The van der Waals surface area contributed by atoms with E-state index in [1.54, 1.807) is 0 Å². The molecule has 1 aromatic carbocycles. The second-order valence-electron chi connectivity index (χ2n) is 6.35. The van der Waals surface area contributed by atoms with Crippen LogP contribution in [0.4, 0.5) is 0 Å². The number of likely N-dealkylation sites (N-methyl/N-ethyl adjacent to an activating group) is 1. The summed E-state index contributed by atoms with van der Waals surface area (Å²) in [6, 6.07) is 8.57. The Kier molecular flexibility index (Phi) is 11.7. The Morgan fingerprint density at radius 3 is 2.17 bits per heavy atom. The molecule has 0 amide bonds. The van der Waals surface area contributed by atoms with Crippen LogP contribution in [0, 0.1) is 0 Å². The largest absolute Gasteiger partial charge is 0.492 e. The number of rotatable bonds is 14. The van der Waals surface area contributed by atoms with Gasteiger partial charge in [-0.1, -0.05) is 77.5 Å². The summed E-state index contributed by atoms with van der Waals surface area (Å²) in [5, 5.41) is 0. The Morgan fingerprint density at radius 2 is 1.48 bits per heavy atom. The van der Waals surface area contributed by atoms with Gasteiger partial charge in [-0.05, 0) is 37.6 Å². The van der Waals surface area contributed by atoms with Crippen molar-refractivity contribution in [3.05, 3.63) is 29.8 Å². The maximum absolute atomic E-state index is 6.04. The molecule has 0 fully saturated rings. The van der Waals surface area contributed by atoms with Crippen LogP contribution in [0.2, 0.25) is 0 Å². The van der Waals surface area contributed by atoms with Crippen LogP contribution < -0.4 is 4.74 Å². The maximum Gasteiger partial charge on any atom is 0.122 e. The molecule has 0 unspecified atom stereocenters. The predicted molar refractivity (Wildman–Crippen MR) is 101 cm³/mol. The zero-order chi connectivity index (χ0) is 16.8. The molecule has 0 aromatic heterocycles. The molecule has 0 aliphatic carbocycles. The third kappa shape index (κ3) is 9.00. The van der Waals surface area contributed by atoms with Crippen molar-refractivity contribution in [3.8, 4) is 5.75 Å². The molecular formula is C21H37NO. The average molecular weight is 320 g/mol. The Labute approximate surface area is 144 Å². The van der Waals surface area contributed by atoms with E-state index in [9.17, 15) is 0 Å². The van der Waals surface area contributed by atoms with Gasteiger partial charge in [-0.15, -0.1) is 0 Å². The van der Waals surface area contributed by atoms with E-state index in [2.05, 4.69) is 49.9 Å². The Balaban J connectivity index is 2.27. The lowest BCUT2D eigenvalue weighted by Gasteiger charge is -2.19. The highest BCUT2D eigenvalue weighted by Gasteiger charge is 2.04. The second kappa shape index (κ2) is 13.4. The van der Waals surface area contributed by atoms with Crippen molar-refractivity contribution in [2.75, 3.05) is 26.2 Å². The summed E-state index contributed by atoms with van der Waals surface area (Å²) in [4.78, 5) is 2.40. The van der Waals surface area contributed by atoms with Gasteiger partial charge < -0.3 is 9.64 Å². The van der Waals surface area contributed by atoms with Gasteiger partial charge in [-0.25, -0.2) is 0 Å². The molecule has 23 heavy (non-hydrogen) atoms. The fourth-order valence-electron chi connectivity index (χ4n) is 2.95. The monoisotopic (exact) mass is 319 g/mol. The van der Waals surface area contributed by atoms with E-state index in [1.165, 1.54) is 50.5 Å². The Bertz CT molecular complexity index is 387. The minimum absolute atomic E-state index is 0.787. The summed E-state index contributed by atoms with van der Waals surface area (Å²) in [6.45, 7) is 10.7. The van der Waals surface area contributed by atoms with E-state index in [0.717, 1.165) is 38.4 Å². The van der Waals surface area contributed by atoms with Crippen LogP contribution in [0.1, 0.15) is 71.3 Å². The molecule has 0 aliphatic heterocycles. The molecule has 132 valence electrons. The van der Waals surface area contributed by atoms with Gasteiger partial charge in [-0.2, -0.15) is 0 Å². The summed E-state index contributed by atoms with van der Waals surface area (Å²) in [5.41, 5.74) is 1.38. The third-order valence-electron chi connectivity index (χ3n) is 4.58. The maximum atomic E-state index is 6.04. The molecule has 1 rings (SSSR count). The van der Waals surface area contributed by atoms with Crippen molar-refractivity contribution < 1.29 is 4.74 Å². The number of para-hydroxylation sites is 1. The SMILES string of the molecule is CCCCCCCCCc1ccccc1OCCN(CC)CC. The number of hydrogen-bond acceptors (Lipinski definition) is 2. The first-order valence-electron chi connectivity index (χ1n) is 9.74. The van der Waals surface area contributed by atoms with Crippen LogP contribution in [-0.2, 0) is 6.42 Å². The van der Waals surface area contributed by atoms with Crippen LogP contribution in [-0.4, -0.2) is 31.1 Å². The first-order chi connectivity index (χ1) is 11.3. The second-order valence-corrected chi connectivity index (χ2v) is 6.35. The van der Waals surface area contributed by atoms with Crippen molar-refractivity contribution in [3.63, 3.8) is 0 Å². The van der Waals surface area contributed by atoms with Gasteiger partial charge in [0.1, 0.15) is 12.4 Å². The summed E-state index contributed by atoms with van der Waals surface area (Å²) >= 11 is 0. The molecule has 0 bridgehead atoms.